The molecule has 3 heterocycles. The fourth-order valence-electron chi connectivity index (χ4n) is 6.70. The van der Waals surface area contributed by atoms with Gasteiger partial charge in [-0.05, 0) is 42.0 Å². The lowest BCUT2D eigenvalue weighted by Crippen LogP contribution is -2.48. The molecule has 0 bridgehead atoms. The Labute approximate surface area is 228 Å². The molecule has 0 unspecified atom stereocenters. The molecule has 5 nitrogen and oxygen atoms in total. The second-order valence-corrected chi connectivity index (χ2v) is 10.4. The van der Waals surface area contributed by atoms with Gasteiger partial charge in [-0.3, -0.25) is 19.4 Å². The minimum atomic E-state index is -1.64. The van der Waals surface area contributed by atoms with Crippen molar-refractivity contribution in [3.05, 3.63) is 136 Å². The van der Waals surface area contributed by atoms with Crippen LogP contribution in [0.1, 0.15) is 48.1 Å². The number of Topliss-reactive ketones (excluding diaryl/α,β-unsaturated/α-hetero) is 3. The molecule has 0 saturated carbocycles. The van der Waals surface area contributed by atoms with Crippen molar-refractivity contribution in [3.8, 4) is 0 Å². The first-order valence-corrected chi connectivity index (χ1v) is 13.0. The van der Waals surface area contributed by atoms with Crippen LogP contribution in [0.15, 0.2) is 97.3 Å². The maximum Gasteiger partial charge on any atom is 0.187 e. The topological polar surface area (TPSA) is 67.3 Å². The number of pyridine rings is 1. The van der Waals surface area contributed by atoms with Gasteiger partial charge in [0.1, 0.15) is 17.3 Å². The molecule has 0 radical (unpaired) electrons. The largest absolute Gasteiger partial charge is 0.352 e. The standard InChI is InChI=1S/C32H20ClFN2O3/c33-24-10-4-3-9-23(24)29(37)28-27(19-6-5-15-35-17-19)32(30(38)21-7-1-2-8-22(21)31(32)39)26-14-11-18-16-20(34)12-13-25(18)36(26)28/h1-17,26-28H/t26-,27+,28-/m1/s1. The first kappa shape index (κ1) is 23.7. The van der Waals surface area contributed by atoms with Crippen LogP contribution in [0, 0.1) is 11.2 Å². The van der Waals surface area contributed by atoms with Crippen molar-refractivity contribution in [1.82, 2.24) is 4.98 Å². The van der Waals surface area contributed by atoms with E-state index in [9.17, 15) is 18.8 Å². The van der Waals surface area contributed by atoms with Gasteiger partial charge in [-0.2, -0.15) is 0 Å². The summed E-state index contributed by atoms with van der Waals surface area (Å²) in [5.74, 6) is -2.33. The number of ketones is 3. The van der Waals surface area contributed by atoms with Crippen LogP contribution in [-0.2, 0) is 0 Å². The predicted molar refractivity (Wildman–Crippen MR) is 146 cm³/mol. The number of halogens is 2. The lowest BCUT2D eigenvalue weighted by atomic mass is 9.64. The summed E-state index contributed by atoms with van der Waals surface area (Å²) in [6, 6.07) is 19.6. The molecule has 7 rings (SSSR count). The van der Waals surface area contributed by atoms with E-state index in [1.165, 1.54) is 12.1 Å². The van der Waals surface area contributed by atoms with E-state index in [-0.39, 0.29) is 27.9 Å². The summed E-state index contributed by atoms with van der Waals surface area (Å²) < 4.78 is 14.3. The molecule has 7 heteroatoms. The zero-order valence-electron chi connectivity index (χ0n) is 20.4. The van der Waals surface area contributed by atoms with Crippen molar-refractivity contribution in [2.45, 2.75) is 18.0 Å². The molecular weight excluding hydrogens is 515 g/mol. The average Bonchev–Trinajstić information content (AvgIpc) is 3.39. The van der Waals surface area contributed by atoms with Gasteiger partial charge in [0.25, 0.3) is 0 Å². The number of benzene rings is 3. The van der Waals surface area contributed by atoms with Gasteiger partial charge in [0.2, 0.25) is 0 Å². The highest BCUT2D eigenvalue weighted by Crippen LogP contribution is 2.61. The molecule has 1 fully saturated rings. The zero-order chi connectivity index (χ0) is 26.9. The minimum Gasteiger partial charge on any atom is -0.352 e. The number of carbonyl (C=O) groups excluding carboxylic acids is 3. The molecule has 1 aromatic heterocycles. The summed E-state index contributed by atoms with van der Waals surface area (Å²) in [6.45, 7) is 0. The molecule has 3 atom stereocenters. The van der Waals surface area contributed by atoms with Crippen molar-refractivity contribution in [1.29, 1.82) is 0 Å². The van der Waals surface area contributed by atoms with Crippen molar-refractivity contribution < 1.29 is 18.8 Å². The number of aromatic nitrogens is 1. The maximum absolute atomic E-state index is 14.5. The Balaban J connectivity index is 1.56. The third-order valence-corrected chi connectivity index (χ3v) is 8.55. The summed E-state index contributed by atoms with van der Waals surface area (Å²) >= 11 is 6.52. The zero-order valence-corrected chi connectivity index (χ0v) is 21.2. The van der Waals surface area contributed by atoms with Crippen LogP contribution in [-0.4, -0.2) is 34.4 Å². The predicted octanol–water partition coefficient (Wildman–Crippen LogP) is 6.19. The van der Waals surface area contributed by atoms with E-state index in [0.717, 1.165) is 0 Å². The van der Waals surface area contributed by atoms with Gasteiger partial charge >= 0.3 is 0 Å². The maximum atomic E-state index is 14.5. The lowest BCUT2D eigenvalue weighted by molar-refractivity contribution is 0.0666. The van der Waals surface area contributed by atoms with Gasteiger partial charge in [0.15, 0.2) is 17.3 Å². The summed E-state index contributed by atoms with van der Waals surface area (Å²) in [4.78, 5) is 49.7. The quantitative estimate of drug-likeness (QED) is 0.231. The molecule has 2 aliphatic heterocycles. The van der Waals surface area contributed by atoms with Gasteiger partial charge in [-0.25, -0.2) is 4.39 Å². The van der Waals surface area contributed by atoms with E-state index in [1.54, 1.807) is 91.3 Å². The van der Waals surface area contributed by atoms with E-state index in [1.807, 2.05) is 4.90 Å². The molecule has 0 N–H and O–H groups in total. The average molecular weight is 535 g/mol. The molecular formula is C32H20ClFN2O3. The minimum absolute atomic E-state index is 0.268. The van der Waals surface area contributed by atoms with Gasteiger partial charge in [0, 0.05) is 46.3 Å². The number of hydrogen-bond acceptors (Lipinski definition) is 5. The van der Waals surface area contributed by atoms with E-state index < -0.39 is 29.2 Å². The number of anilines is 1. The molecule has 39 heavy (non-hydrogen) atoms. The van der Waals surface area contributed by atoms with Crippen molar-refractivity contribution in [3.63, 3.8) is 0 Å². The third-order valence-electron chi connectivity index (χ3n) is 8.22. The molecule has 1 saturated heterocycles. The molecule has 4 aromatic rings. The van der Waals surface area contributed by atoms with Crippen LogP contribution >= 0.6 is 11.6 Å². The second kappa shape index (κ2) is 8.55. The Morgan fingerprint density at radius 3 is 2.33 bits per heavy atom. The molecule has 1 spiro atoms. The molecule has 190 valence electrons. The third kappa shape index (κ3) is 3.12. The van der Waals surface area contributed by atoms with Crippen LogP contribution in [0.2, 0.25) is 5.02 Å². The normalized spacial score (nSPS) is 22.1. The van der Waals surface area contributed by atoms with Gasteiger partial charge in [-0.1, -0.05) is 66.2 Å². The SMILES string of the molecule is O=C(c1ccccc1Cl)[C@H]1[C@H](c2cccnc2)C2(C(=O)c3ccccc3C2=O)[C@H]2C=Cc3cc(F)ccc3N12. The molecule has 1 aliphatic carbocycles. The van der Waals surface area contributed by atoms with E-state index in [0.29, 0.717) is 27.9 Å². The summed E-state index contributed by atoms with van der Waals surface area (Å²) in [5.41, 5.74) is 1.02. The van der Waals surface area contributed by atoms with Crippen LogP contribution in [0.3, 0.4) is 0 Å². The Bertz CT molecular complexity index is 1700. The fourth-order valence-corrected chi connectivity index (χ4v) is 6.93. The van der Waals surface area contributed by atoms with Crippen LogP contribution in [0.25, 0.3) is 6.08 Å². The van der Waals surface area contributed by atoms with Crippen molar-refractivity contribution in [2.24, 2.45) is 5.41 Å². The Kier molecular flexibility index (Phi) is 5.19. The summed E-state index contributed by atoms with van der Waals surface area (Å²) in [6.07, 6.45) is 6.70. The van der Waals surface area contributed by atoms with Crippen LogP contribution < -0.4 is 4.90 Å². The molecule has 3 aliphatic rings. The molecule has 0 amide bonds. The fraction of sp³-hybridized carbons (Fsp3) is 0.125. The van der Waals surface area contributed by atoms with Crippen molar-refractivity contribution in [2.75, 3.05) is 4.90 Å². The van der Waals surface area contributed by atoms with Gasteiger partial charge in [-0.15, -0.1) is 0 Å². The Morgan fingerprint density at radius 2 is 1.64 bits per heavy atom. The second-order valence-electron chi connectivity index (χ2n) is 10.0. The highest BCUT2D eigenvalue weighted by Gasteiger charge is 2.71. The van der Waals surface area contributed by atoms with E-state index in [2.05, 4.69) is 4.98 Å². The number of carbonyl (C=O) groups is 3. The van der Waals surface area contributed by atoms with Crippen LogP contribution in [0.5, 0.6) is 0 Å². The molecule has 3 aromatic carbocycles. The number of rotatable bonds is 3. The lowest BCUT2D eigenvalue weighted by Gasteiger charge is -2.37. The number of fused-ring (bicyclic) bond motifs is 5. The van der Waals surface area contributed by atoms with Gasteiger partial charge < -0.3 is 4.90 Å². The monoisotopic (exact) mass is 534 g/mol. The van der Waals surface area contributed by atoms with E-state index in [4.69, 9.17) is 11.6 Å². The number of hydrogen-bond donors (Lipinski definition) is 0. The van der Waals surface area contributed by atoms with Crippen LogP contribution in [0.4, 0.5) is 10.1 Å². The highest BCUT2D eigenvalue weighted by molar-refractivity contribution is 6.35. The van der Waals surface area contributed by atoms with E-state index >= 15 is 0 Å². The number of nitrogens with zero attached hydrogens (tertiary/aromatic N) is 2. The van der Waals surface area contributed by atoms with Gasteiger partial charge in [0.05, 0.1) is 11.1 Å². The smallest absolute Gasteiger partial charge is 0.187 e. The Morgan fingerprint density at radius 1 is 0.923 bits per heavy atom. The van der Waals surface area contributed by atoms with Crippen molar-refractivity contribution >= 4 is 40.7 Å². The highest BCUT2D eigenvalue weighted by atomic mass is 35.5. The Hall–Kier alpha value is -4.42. The first-order chi connectivity index (χ1) is 18.9. The first-order valence-electron chi connectivity index (χ1n) is 12.6. The summed E-state index contributed by atoms with van der Waals surface area (Å²) in [7, 11) is 0. The summed E-state index contributed by atoms with van der Waals surface area (Å²) in [5, 5.41) is 0.268.